The number of benzene rings is 3. The number of hydrogen-bond acceptors (Lipinski definition) is 5. The molecule has 1 aliphatic heterocycles. The quantitative estimate of drug-likeness (QED) is 0.452. The molecule has 0 spiro atoms. The zero-order valence-corrected chi connectivity index (χ0v) is 17.3. The molecule has 0 bridgehead atoms. The third-order valence-corrected chi connectivity index (χ3v) is 5.05. The summed E-state index contributed by atoms with van der Waals surface area (Å²) in [7, 11) is 0. The molecular weight excluding hydrogens is 408 g/mol. The van der Waals surface area contributed by atoms with E-state index in [2.05, 4.69) is 5.32 Å². The second-order valence-electron chi connectivity index (χ2n) is 7.18. The largest absolute Gasteiger partial charge is 0.484 e. The van der Waals surface area contributed by atoms with Gasteiger partial charge in [-0.15, -0.1) is 0 Å². The fourth-order valence-corrected chi connectivity index (χ4v) is 3.43. The number of anilines is 2. The van der Waals surface area contributed by atoms with Crippen LogP contribution in [0.4, 0.5) is 11.4 Å². The molecule has 0 fully saturated rings. The number of carbonyl (C=O) groups is 4. The fraction of sp³-hybridized carbons (Fsp3) is 0.120. The predicted octanol–water partition coefficient (Wildman–Crippen LogP) is 4.10. The molecule has 1 N–H and O–H groups in total. The van der Waals surface area contributed by atoms with E-state index in [-0.39, 0.29) is 12.4 Å². The number of hydrogen-bond donors (Lipinski definition) is 1. The first-order chi connectivity index (χ1) is 15.5. The van der Waals surface area contributed by atoms with Crippen molar-refractivity contribution in [1.82, 2.24) is 0 Å². The van der Waals surface area contributed by atoms with Gasteiger partial charge in [0.25, 0.3) is 17.7 Å². The van der Waals surface area contributed by atoms with E-state index in [9.17, 15) is 19.2 Å². The van der Waals surface area contributed by atoms with Crippen LogP contribution in [0.1, 0.15) is 44.4 Å². The van der Waals surface area contributed by atoms with Crippen molar-refractivity contribution < 1.29 is 23.9 Å². The van der Waals surface area contributed by atoms with Gasteiger partial charge in [0.15, 0.2) is 12.4 Å². The van der Waals surface area contributed by atoms with Crippen molar-refractivity contribution in [2.45, 2.75) is 13.3 Å². The molecule has 0 unspecified atom stereocenters. The van der Waals surface area contributed by atoms with Crippen LogP contribution < -0.4 is 15.0 Å². The zero-order chi connectivity index (χ0) is 22.7. The summed E-state index contributed by atoms with van der Waals surface area (Å²) in [5, 5.41) is 2.70. The minimum atomic E-state index is -0.404. The van der Waals surface area contributed by atoms with Gasteiger partial charge in [0.1, 0.15) is 5.75 Å². The summed E-state index contributed by atoms with van der Waals surface area (Å²) < 4.78 is 5.47. The topological polar surface area (TPSA) is 92.8 Å². The molecule has 0 atom stereocenters. The smallest absolute Gasteiger partial charge is 0.266 e. The highest BCUT2D eigenvalue weighted by atomic mass is 16.5. The van der Waals surface area contributed by atoms with Crippen LogP contribution in [0.5, 0.6) is 5.75 Å². The van der Waals surface area contributed by atoms with Crippen LogP contribution in [0.2, 0.25) is 0 Å². The van der Waals surface area contributed by atoms with Crippen LogP contribution in [0.3, 0.4) is 0 Å². The fourth-order valence-electron chi connectivity index (χ4n) is 3.43. The number of Topliss-reactive ketones (excluding diaryl/α,β-unsaturated/α-hetero) is 1. The Morgan fingerprint density at radius 2 is 1.53 bits per heavy atom. The lowest BCUT2D eigenvalue weighted by Gasteiger charge is -2.15. The molecule has 0 saturated heterocycles. The van der Waals surface area contributed by atoms with Crippen molar-refractivity contribution in [3.05, 3.63) is 89.5 Å². The van der Waals surface area contributed by atoms with E-state index in [4.69, 9.17) is 4.74 Å². The SMILES string of the molecule is CCC(=O)c1ccc(OCC(=O)Nc2cccc(N3C(=O)c4ccccc4C3=O)c2)cc1. The Hall–Kier alpha value is -4.26. The molecule has 160 valence electrons. The van der Waals surface area contributed by atoms with Crippen molar-refractivity contribution in [3.63, 3.8) is 0 Å². The highest BCUT2D eigenvalue weighted by Gasteiger charge is 2.36. The van der Waals surface area contributed by atoms with Gasteiger partial charge in [0.05, 0.1) is 16.8 Å². The first-order valence-corrected chi connectivity index (χ1v) is 10.1. The van der Waals surface area contributed by atoms with Gasteiger partial charge in [0, 0.05) is 17.7 Å². The van der Waals surface area contributed by atoms with Crippen molar-refractivity contribution in [3.8, 4) is 5.75 Å². The van der Waals surface area contributed by atoms with Crippen LogP contribution in [-0.4, -0.2) is 30.1 Å². The molecule has 0 aliphatic carbocycles. The Labute approximate surface area is 184 Å². The first-order valence-electron chi connectivity index (χ1n) is 10.1. The van der Waals surface area contributed by atoms with E-state index in [1.54, 1.807) is 79.7 Å². The lowest BCUT2D eigenvalue weighted by Crippen LogP contribution is -2.29. The van der Waals surface area contributed by atoms with Gasteiger partial charge in [0.2, 0.25) is 0 Å². The van der Waals surface area contributed by atoms with Crippen LogP contribution in [-0.2, 0) is 4.79 Å². The van der Waals surface area contributed by atoms with E-state index in [1.807, 2.05) is 0 Å². The minimum absolute atomic E-state index is 0.0345. The number of carbonyl (C=O) groups excluding carboxylic acids is 4. The Morgan fingerprint density at radius 3 is 2.16 bits per heavy atom. The average molecular weight is 428 g/mol. The molecule has 1 heterocycles. The summed E-state index contributed by atoms with van der Waals surface area (Å²) in [5.41, 5.74) is 2.09. The Morgan fingerprint density at radius 1 is 0.875 bits per heavy atom. The maximum atomic E-state index is 12.7. The molecule has 3 aromatic carbocycles. The summed E-state index contributed by atoms with van der Waals surface area (Å²) in [6, 6.07) is 19.7. The number of nitrogens with zero attached hydrogens (tertiary/aromatic N) is 1. The standard InChI is InChI=1S/C25H20N2O5/c1-2-22(28)16-10-12-19(13-11-16)32-15-23(29)26-17-6-5-7-18(14-17)27-24(30)20-8-3-4-9-21(20)25(27)31/h3-14H,2,15H2,1H3,(H,26,29). The Balaban J connectivity index is 1.40. The summed E-state index contributed by atoms with van der Waals surface area (Å²) in [5.74, 6) is -0.706. The highest BCUT2D eigenvalue weighted by molar-refractivity contribution is 6.34. The second-order valence-corrected chi connectivity index (χ2v) is 7.18. The van der Waals surface area contributed by atoms with Gasteiger partial charge in [-0.05, 0) is 54.6 Å². The predicted molar refractivity (Wildman–Crippen MR) is 119 cm³/mol. The van der Waals surface area contributed by atoms with E-state index >= 15 is 0 Å². The molecule has 4 rings (SSSR count). The monoisotopic (exact) mass is 428 g/mol. The van der Waals surface area contributed by atoms with E-state index in [1.165, 1.54) is 0 Å². The molecule has 0 saturated carbocycles. The maximum absolute atomic E-state index is 12.7. The number of rotatable bonds is 7. The number of ether oxygens (including phenoxy) is 1. The van der Waals surface area contributed by atoms with Crippen molar-refractivity contribution in [2.24, 2.45) is 0 Å². The molecule has 7 nitrogen and oxygen atoms in total. The van der Waals surface area contributed by atoms with Crippen LogP contribution in [0.25, 0.3) is 0 Å². The minimum Gasteiger partial charge on any atom is -0.484 e. The van der Waals surface area contributed by atoms with Crippen molar-refractivity contribution in [1.29, 1.82) is 0 Å². The van der Waals surface area contributed by atoms with Crippen LogP contribution in [0.15, 0.2) is 72.8 Å². The number of imide groups is 1. The lowest BCUT2D eigenvalue weighted by molar-refractivity contribution is -0.118. The van der Waals surface area contributed by atoms with Crippen LogP contribution >= 0.6 is 0 Å². The second kappa shape index (κ2) is 8.85. The van der Waals surface area contributed by atoms with E-state index in [0.717, 1.165) is 4.90 Å². The highest BCUT2D eigenvalue weighted by Crippen LogP contribution is 2.29. The number of fused-ring (bicyclic) bond motifs is 1. The molecule has 3 amide bonds. The molecule has 0 aromatic heterocycles. The van der Waals surface area contributed by atoms with Gasteiger partial charge in [-0.2, -0.15) is 0 Å². The van der Waals surface area contributed by atoms with Gasteiger partial charge < -0.3 is 10.1 Å². The van der Waals surface area contributed by atoms with Crippen molar-refractivity contribution in [2.75, 3.05) is 16.8 Å². The van der Waals surface area contributed by atoms with E-state index < -0.39 is 17.7 Å². The summed E-state index contributed by atoms with van der Waals surface area (Å²) in [6.45, 7) is 1.55. The van der Waals surface area contributed by atoms with Gasteiger partial charge in [-0.1, -0.05) is 25.1 Å². The van der Waals surface area contributed by atoms with Crippen molar-refractivity contribution >= 4 is 34.9 Å². The summed E-state index contributed by atoms with van der Waals surface area (Å²) >= 11 is 0. The normalized spacial score (nSPS) is 12.5. The number of amides is 3. The Bertz CT molecular complexity index is 1180. The van der Waals surface area contributed by atoms with E-state index in [0.29, 0.717) is 40.2 Å². The van der Waals surface area contributed by atoms with Crippen LogP contribution in [0, 0.1) is 0 Å². The lowest BCUT2D eigenvalue weighted by atomic mass is 10.1. The number of ketones is 1. The third kappa shape index (κ3) is 4.13. The molecular formula is C25H20N2O5. The Kier molecular flexibility index (Phi) is 5.81. The first kappa shape index (κ1) is 21.0. The van der Waals surface area contributed by atoms with Gasteiger partial charge in [-0.25, -0.2) is 4.90 Å². The third-order valence-electron chi connectivity index (χ3n) is 5.05. The summed E-state index contributed by atoms with van der Waals surface area (Å²) in [4.78, 5) is 50.4. The average Bonchev–Trinajstić information content (AvgIpc) is 3.08. The molecule has 7 heteroatoms. The van der Waals surface area contributed by atoms with Gasteiger partial charge in [-0.3, -0.25) is 19.2 Å². The molecule has 32 heavy (non-hydrogen) atoms. The maximum Gasteiger partial charge on any atom is 0.266 e. The molecule has 3 aromatic rings. The molecule has 0 radical (unpaired) electrons. The zero-order valence-electron chi connectivity index (χ0n) is 17.3. The molecule has 1 aliphatic rings. The van der Waals surface area contributed by atoms with Gasteiger partial charge >= 0.3 is 0 Å². The summed E-state index contributed by atoms with van der Waals surface area (Å²) in [6.07, 6.45) is 0.419. The number of nitrogens with one attached hydrogen (secondary N) is 1.